The van der Waals surface area contributed by atoms with E-state index < -0.39 is 0 Å². The van der Waals surface area contributed by atoms with Crippen molar-refractivity contribution in [2.45, 2.75) is 0 Å². The fourth-order valence-electron chi connectivity index (χ4n) is 1.21. The van der Waals surface area contributed by atoms with Crippen LogP contribution in [0.15, 0.2) is 29.4 Å². The van der Waals surface area contributed by atoms with Crippen LogP contribution in [0.5, 0.6) is 5.75 Å². The van der Waals surface area contributed by atoms with Crippen molar-refractivity contribution in [2.24, 2.45) is 4.99 Å². The summed E-state index contributed by atoms with van der Waals surface area (Å²) >= 11 is 4.50. The molecule has 1 aromatic carbocycles. The fraction of sp³-hybridized carbons (Fsp3) is 0.100. The van der Waals surface area contributed by atoms with E-state index in [1.165, 1.54) is 0 Å². The lowest BCUT2D eigenvalue weighted by Crippen LogP contribution is -1.86. The molecule has 0 saturated carbocycles. The van der Waals surface area contributed by atoms with E-state index in [-0.39, 0.29) is 0 Å². The van der Waals surface area contributed by atoms with Crippen LogP contribution in [-0.2, 0) is 0 Å². The molecule has 0 aliphatic rings. The Kier molecular flexibility index (Phi) is 2.67. The maximum Gasteiger partial charge on any atom is 0.181 e. The van der Waals surface area contributed by atoms with Crippen LogP contribution < -0.4 is 4.74 Å². The van der Waals surface area contributed by atoms with Crippen molar-refractivity contribution >= 4 is 34.2 Å². The summed E-state index contributed by atoms with van der Waals surface area (Å²) in [4.78, 5) is 12.2. The van der Waals surface area contributed by atoms with Crippen LogP contribution in [0.1, 0.15) is 0 Å². The lowest BCUT2D eigenvalue weighted by atomic mass is 10.3. The Balaban J connectivity index is 2.62. The van der Waals surface area contributed by atoms with Crippen LogP contribution in [0, 0.1) is 0 Å². The van der Waals surface area contributed by atoms with Crippen molar-refractivity contribution in [1.82, 2.24) is 9.97 Å². The molecule has 2 rings (SSSR count). The summed E-state index contributed by atoms with van der Waals surface area (Å²) in [5.74, 6) is 1.19. The average molecular weight is 217 g/mol. The summed E-state index contributed by atoms with van der Waals surface area (Å²) in [5, 5.41) is 2.25. The summed E-state index contributed by atoms with van der Waals surface area (Å²) < 4.78 is 5.09. The van der Waals surface area contributed by atoms with Gasteiger partial charge in [0.2, 0.25) is 0 Å². The van der Waals surface area contributed by atoms with E-state index in [2.05, 4.69) is 32.3 Å². The van der Waals surface area contributed by atoms with Gasteiger partial charge < -0.3 is 4.74 Å². The van der Waals surface area contributed by atoms with Gasteiger partial charge in [0, 0.05) is 6.07 Å². The van der Waals surface area contributed by atoms with E-state index in [1.807, 2.05) is 12.1 Å². The number of aromatic nitrogens is 2. The second kappa shape index (κ2) is 4.13. The molecule has 0 saturated heterocycles. The van der Waals surface area contributed by atoms with E-state index in [0.717, 1.165) is 16.8 Å². The van der Waals surface area contributed by atoms with Gasteiger partial charge in [-0.15, -0.1) is 0 Å². The summed E-state index contributed by atoms with van der Waals surface area (Å²) in [6, 6.07) is 5.47. The van der Waals surface area contributed by atoms with E-state index in [9.17, 15) is 0 Å². The van der Waals surface area contributed by atoms with Crippen molar-refractivity contribution in [3.63, 3.8) is 0 Å². The van der Waals surface area contributed by atoms with Crippen LogP contribution in [0.2, 0.25) is 0 Å². The normalized spacial score (nSPS) is 9.67. The van der Waals surface area contributed by atoms with Crippen LogP contribution in [-0.4, -0.2) is 22.2 Å². The zero-order chi connectivity index (χ0) is 10.7. The first-order chi connectivity index (χ1) is 7.33. The first-order valence-corrected chi connectivity index (χ1v) is 4.63. The Morgan fingerprint density at radius 1 is 1.40 bits per heavy atom. The van der Waals surface area contributed by atoms with E-state index >= 15 is 0 Å². The van der Waals surface area contributed by atoms with Gasteiger partial charge in [-0.25, -0.2) is 4.98 Å². The Morgan fingerprint density at radius 3 is 3.00 bits per heavy atom. The standard InChI is InChI=1S/C10H7N3OS/c1-14-7-2-3-8-9(4-7)13-10(5-11-8)12-6-15/h2-5H,1H3. The third-order valence-electron chi connectivity index (χ3n) is 1.90. The maximum absolute atomic E-state index is 5.09. The van der Waals surface area contributed by atoms with Gasteiger partial charge in [-0.2, -0.15) is 4.99 Å². The molecule has 0 aliphatic carbocycles. The molecule has 0 amide bonds. The lowest BCUT2D eigenvalue weighted by molar-refractivity contribution is 0.415. The summed E-state index contributed by atoms with van der Waals surface area (Å²) in [6.45, 7) is 0. The van der Waals surface area contributed by atoms with Crippen LogP contribution in [0.4, 0.5) is 5.82 Å². The minimum atomic E-state index is 0.450. The van der Waals surface area contributed by atoms with Gasteiger partial charge in [0.15, 0.2) is 5.82 Å². The summed E-state index contributed by atoms with van der Waals surface area (Å²) in [6.07, 6.45) is 1.55. The highest BCUT2D eigenvalue weighted by Crippen LogP contribution is 2.19. The molecule has 0 fully saturated rings. The molecular weight excluding hydrogens is 210 g/mol. The molecule has 4 nitrogen and oxygen atoms in total. The van der Waals surface area contributed by atoms with Crippen LogP contribution in [0.25, 0.3) is 11.0 Å². The Bertz CT molecular complexity index is 549. The largest absolute Gasteiger partial charge is 0.497 e. The molecule has 1 aromatic heterocycles. The molecule has 0 unspecified atom stereocenters. The number of rotatable bonds is 2. The highest BCUT2D eigenvalue weighted by molar-refractivity contribution is 7.78. The lowest BCUT2D eigenvalue weighted by Gasteiger charge is -2.01. The molecule has 0 spiro atoms. The van der Waals surface area contributed by atoms with Crippen molar-refractivity contribution < 1.29 is 4.74 Å². The van der Waals surface area contributed by atoms with Crippen molar-refractivity contribution in [1.29, 1.82) is 0 Å². The molecule has 0 bridgehead atoms. The van der Waals surface area contributed by atoms with Gasteiger partial charge in [0.1, 0.15) is 5.75 Å². The fourth-order valence-corrected chi connectivity index (χ4v) is 1.30. The van der Waals surface area contributed by atoms with E-state index in [1.54, 1.807) is 19.4 Å². The summed E-state index contributed by atoms with van der Waals surface area (Å²) in [5.41, 5.74) is 1.51. The Morgan fingerprint density at radius 2 is 2.27 bits per heavy atom. The third kappa shape index (κ3) is 1.98. The molecule has 0 atom stereocenters. The molecular formula is C10H7N3OS. The number of ether oxygens (including phenoxy) is 1. The Hall–Kier alpha value is -1.84. The number of hydrogen-bond acceptors (Lipinski definition) is 5. The van der Waals surface area contributed by atoms with Crippen LogP contribution in [0.3, 0.4) is 0 Å². The second-order valence-corrected chi connectivity index (χ2v) is 2.97. The second-order valence-electron chi connectivity index (χ2n) is 2.79. The van der Waals surface area contributed by atoms with Gasteiger partial charge in [0.05, 0.1) is 29.5 Å². The first-order valence-electron chi connectivity index (χ1n) is 4.22. The number of hydrogen-bond donors (Lipinski definition) is 0. The molecule has 74 valence electrons. The van der Waals surface area contributed by atoms with Crippen molar-refractivity contribution in [3.05, 3.63) is 24.4 Å². The highest BCUT2D eigenvalue weighted by Gasteiger charge is 2.00. The first kappa shape index (κ1) is 9.71. The SMILES string of the molecule is COc1ccc2ncc(N=C=S)nc2c1. The molecule has 15 heavy (non-hydrogen) atoms. The molecule has 2 aromatic rings. The zero-order valence-corrected chi connectivity index (χ0v) is 8.78. The third-order valence-corrected chi connectivity index (χ3v) is 1.99. The quantitative estimate of drug-likeness (QED) is 0.572. The molecule has 0 aliphatic heterocycles. The summed E-state index contributed by atoms with van der Waals surface area (Å²) in [7, 11) is 1.60. The van der Waals surface area contributed by atoms with Gasteiger partial charge in [-0.05, 0) is 24.4 Å². The van der Waals surface area contributed by atoms with Gasteiger partial charge in [-0.1, -0.05) is 0 Å². The average Bonchev–Trinajstić information content (AvgIpc) is 2.28. The van der Waals surface area contributed by atoms with Crippen molar-refractivity contribution in [3.8, 4) is 5.75 Å². The minimum Gasteiger partial charge on any atom is -0.497 e. The molecule has 5 heteroatoms. The number of nitrogens with zero attached hydrogens (tertiary/aromatic N) is 3. The monoisotopic (exact) mass is 217 g/mol. The van der Waals surface area contributed by atoms with Gasteiger partial charge in [0.25, 0.3) is 0 Å². The number of methoxy groups -OCH3 is 1. The van der Waals surface area contributed by atoms with Gasteiger partial charge in [-0.3, -0.25) is 4.98 Å². The molecule has 0 radical (unpaired) electrons. The predicted octanol–water partition coefficient (Wildman–Crippen LogP) is 2.37. The number of fused-ring (bicyclic) bond motifs is 1. The van der Waals surface area contributed by atoms with E-state index in [4.69, 9.17) is 4.74 Å². The minimum absolute atomic E-state index is 0.450. The molecule has 1 heterocycles. The number of thiocarbonyl (C=S) groups is 1. The number of aliphatic imine (C=N–C) groups is 1. The molecule has 0 N–H and O–H groups in total. The highest BCUT2D eigenvalue weighted by atomic mass is 32.1. The number of benzene rings is 1. The van der Waals surface area contributed by atoms with Crippen LogP contribution >= 0.6 is 12.2 Å². The van der Waals surface area contributed by atoms with E-state index in [0.29, 0.717) is 5.82 Å². The number of isothiocyanates is 1. The predicted molar refractivity (Wildman–Crippen MR) is 60.8 cm³/mol. The van der Waals surface area contributed by atoms with Crippen molar-refractivity contribution in [2.75, 3.05) is 7.11 Å². The van der Waals surface area contributed by atoms with Gasteiger partial charge >= 0.3 is 0 Å². The maximum atomic E-state index is 5.09. The topological polar surface area (TPSA) is 47.4 Å². The zero-order valence-electron chi connectivity index (χ0n) is 7.97. The Labute approximate surface area is 91.6 Å². The smallest absolute Gasteiger partial charge is 0.181 e.